The molecule has 0 aliphatic heterocycles. The first-order chi connectivity index (χ1) is 13.7. The fourth-order valence-corrected chi connectivity index (χ4v) is 2.87. The number of hydrogen-bond donors (Lipinski definition) is 2. The fourth-order valence-electron chi connectivity index (χ4n) is 2.87. The average molecular weight is 394 g/mol. The lowest BCUT2D eigenvalue weighted by Crippen LogP contribution is -2.40. The molecule has 0 unspecified atom stereocenters. The van der Waals surface area contributed by atoms with Crippen LogP contribution in [0.5, 0.6) is 5.75 Å². The second-order valence-electron chi connectivity index (χ2n) is 8.06. The van der Waals surface area contributed by atoms with Crippen LogP contribution in [0.4, 0.5) is 5.69 Å². The standard InChI is InChI=1S/C22H26N4O3/c1-14(2)29-17-12-7-6-10-15(17)23-21(28)19-24-18(20(27)25-22(3,4)5)16-11-8-9-13-26(16)19/h6-14H,1-5H3,(H,23,28)(H,25,27). The zero-order valence-electron chi connectivity index (χ0n) is 17.3. The summed E-state index contributed by atoms with van der Waals surface area (Å²) in [7, 11) is 0. The largest absolute Gasteiger partial charge is 0.489 e. The van der Waals surface area contributed by atoms with Gasteiger partial charge in [0, 0.05) is 11.7 Å². The second-order valence-corrected chi connectivity index (χ2v) is 8.06. The van der Waals surface area contributed by atoms with Crippen molar-refractivity contribution < 1.29 is 14.3 Å². The number of nitrogens with zero attached hydrogens (tertiary/aromatic N) is 2. The molecule has 0 saturated carbocycles. The van der Waals surface area contributed by atoms with Gasteiger partial charge in [-0.25, -0.2) is 4.98 Å². The van der Waals surface area contributed by atoms with Crippen LogP contribution < -0.4 is 15.4 Å². The molecule has 1 aromatic carbocycles. The summed E-state index contributed by atoms with van der Waals surface area (Å²) >= 11 is 0. The molecule has 3 rings (SSSR count). The van der Waals surface area contributed by atoms with E-state index in [9.17, 15) is 9.59 Å². The summed E-state index contributed by atoms with van der Waals surface area (Å²) in [6.45, 7) is 9.51. The first-order valence-corrected chi connectivity index (χ1v) is 9.52. The Bertz CT molecular complexity index is 1050. The van der Waals surface area contributed by atoms with Crippen molar-refractivity contribution in [2.45, 2.75) is 46.3 Å². The summed E-state index contributed by atoms with van der Waals surface area (Å²) in [4.78, 5) is 30.1. The van der Waals surface area contributed by atoms with E-state index in [0.717, 1.165) is 0 Å². The molecule has 3 aromatic rings. The monoisotopic (exact) mass is 394 g/mol. The maximum absolute atomic E-state index is 13.0. The number of anilines is 1. The molecule has 0 spiro atoms. The SMILES string of the molecule is CC(C)Oc1ccccc1NC(=O)c1nc(C(=O)NC(C)(C)C)c2ccccn12. The number of benzene rings is 1. The van der Waals surface area contributed by atoms with Gasteiger partial charge in [-0.15, -0.1) is 0 Å². The number of amides is 2. The van der Waals surface area contributed by atoms with Gasteiger partial charge in [-0.1, -0.05) is 18.2 Å². The van der Waals surface area contributed by atoms with Crippen LogP contribution in [0.15, 0.2) is 48.7 Å². The second kappa shape index (κ2) is 7.95. The number of nitrogens with one attached hydrogen (secondary N) is 2. The number of para-hydroxylation sites is 2. The van der Waals surface area contributed by atoms with Crippen LogP contribution in [-0.4, -0.2) is 32.8 Å². The molecule has 0 saturated heterocycles. The van der Waals surface area contributed by atoms with E-state index in [0.29, 0.717) is 17.0 Å². The van der Waals surface area contributed by atoms with Crippen LogP contribution >= 0.6 is 0 Å². The maximum atomic E-state index is 13.0. The van der Waals surface area contributed by atoms with Gasteiger partial charge in [0.05, 0.1) is 17.3 Å². The number of carbonyl (C=O) groups excluding carboxylic acids is 2. The highest BCUT2D eigenvalue weighted by Gasteiger charge is 2.24. The fraction of sp³-hybridized carbons (Fsp3) is 0.318. The molecule has 7 heteroatoms. The van der Waals surface area contributed by atoms with Crippen molar-refractivity contribution in [3.05, 3.63) is 60.2 Å². The highest BCUT2D eigenvalue weighted by Crippen LogP contribution is 2.25. The molecule has 0 fully saturated rings. The van der Waals surface area contributed by atoms with Gasteiger partial charge in [0.2, 0.25) is 5.82 Å². The Morgan fingerprint density at radius 2 is 1.72 bits per heavy atom. The van der Waals surface area contributed by atoms with Gasteiger partial charge >= 0.3 is 0 Å². The lowest BCUT2D eigenvalue weighted by molar-refractivity contribution is 0.0916. The highest BCUT2D eigenvalue weighted by atomic mass is 16.5. The molecular weight excluding hydrogens is 368 g/mol. The van der Waals surface area contributed by atoms with Crippen LogP contribution in [0, 0.1) is 0 Å². The summed E-state index contributed by atoms with van der Waals surface area (Å²) in [6.07, 6.45) is 1.68. The number of ether oxygens (including phenoxy) is 1. The summed E-state index contributed by atoms with van der Waals surface area (Å²) < 4.78 is 7.37. The number of carbonyl (C=O) groups is 2. The van der Waals surface area contributed by atoms with Gasteiger partial charge in [-0.3, -0.25) is 14.0 Å². The third-order valence-electron chi connectivity index (χ3n) is 3.95. The molecule has 2 aromatic heterocycles. The third kappa shape index (κ3) is 4.74. The molecule has 2 heterocycles. The minimum absolute atomic E-state index is 0.0343. The Morgan fingerprint density at radius 1 is 1.03 bits per heavy atom. The van der Waals surface area contributed by atoms with Crippen molar-refractivity contribution in [2.24, 2.45) is 0 Å². The molecule has 29 heavy (non-hydrogen) atoms. The number of hydrogen-bond acceptors (Lipinski definition) is 4. The van der Waals surface area contributed by atoms with Gasteiger partial charge in [-0.2, -0.15) is 0 Å². The zero-order valence-corrected chi connectivity index (χ0v) is 17.3. The van der Waals surface area contributed by atoms with Crippen LogP contribution in [0.2, 0.25) is 0 Å². The van der Waals surface area contributed by atoms with E-state index in [2.05, 4.69) is 15.6 Å². The van der Waals surface area contributed by atoms with Crippen LogP contribution in [0.25, 0.3) is 5.52 Å². The summed E-state index contributed by atoms with van der Waals surface area (Å²) in [5.74, 6) is -0.0639. The predicted molar refractivity (Wildman–Crippen MR) is 113 cm³/mol. The Hall–Kier alpha value is -3.35. The molecule has 7 nitrogen and oxygen atoms in total. The molecular formula is C22H26N4O3. The van der Waals surface area contributed by atoms with Gasteiger partial charge in [0.25, 0.3) is 11.8 Å². The van der Waals surface area contributed by atoms with Gasteiger partial charge in [0.1, 0.15) is 5.75 Å². The Kier molecular flexibility index (Phi) is 5.59. The lowest BCUT2D eigenvalue weighted by atomic mass is 10.1. The highest BCUT2D eigenvalue weighted by molar-refractivity contribution is 6.06. The molecule has 0 aliphatic rings. The van der Waals surface area contributed by atoms with Gasteiger partial charge in [-0.05, 0) is 58.9 Å². The van der Waals surface area contributed by atoms with E-state index in [-0.39, 0.29) is 23.5 Å². The number of aromatic nitrogens is 2. The smallest absolute Gasteiger partial charge is 0.292 e. The van der Waals surface area contributed by atoms with E-state index in [1.165, 1.54) is 0 Å². The van der Waals surface area contributed by atoms with Gasteiger partial charge in [0.15, 0.2) is 5.69 Å². The van der Waals surface area contributed by atoms with Crippen molar-refractivity contribution in [3.63, 3.8) is 0 Å². The van der Waals surface area contributed by atoms with Crippen LogP contribution in [0.3, 0.4) is 0 Å². The van der Waals surface area contributed by atoms with E-state index < -0.39 is 11.4 Å². The molecule has 0 atom stereocenters. The zero-order chi connectivity index (χ0) is 21.2. The molecule has 2 amide bonds. The minimum Gasteiger partial charge on any atom is -0.489 e. The quantitative estimate of drug-likeness (QED) is 0.687. The number of imidazole rings is 1. The van der Waals surface area contributed by atoms with E-state index in [1.807, 2.05) is 46.8 Å². The molecule has 0 aliphatic carbocycles. The Morgan fingerprint density at radius 3 is 2.41 bits per heavy atom. The van der Waals surface area contributed by atoms with Gasteiger partial charge < -0.3 is 15.4 Å². The number of pyridine rings is 1. The van der Waals surface area contributed by atoms with Crippen molar-refractivity contribution in [2.75, 3.05) is 5.32 Å². The first kappa shape index (κ1) is 20.4. The lowest BCUT2D eigenvalue weighted by Gasteiger charge is -2.19. The normalized spacial score (nSPS) is 11.5. The van der Waals surface area contributed by atoms with E-state index in [4.69, 9.17) is 4.74 Å². The predicted octanol–water partition coefficient (Wildman–Crippen LogP) is 3.90. The van der Waals surface area contributed by atoms with Crippen molar-refractivity contribution >= 4 is 23.0 Å². The average Bonchev–Trinajstić information content (AvgIpc) is 3.01. The molecule has 2 N–H and O–H groups in total. The molecule has 0 bridgehead atoms. The minimum atomic E-state index is -0.430. The first-order valence-electron chi connectivity index (χ1n) is 9.52. The number of rotatable bonds is 5. The van der Waals surface area contributed by atoms with E-state index in [1.54, 1.807) is 40.9 Å². The molecule has 152 valence electrons. The van der Waals surface area contributed by atoms with Crippen LogP contribution in [-0.2, 0) is 0 Å². The maximum Gasteiger partial charge on any atom is 0.292 e. The van der Waals surface area contributed by atoms with E-state index >= 15 is 0 Å². The third-order valence-corrected chi connectivity index (χ3v) is 3.95. The summed E-state index contributed by atoms with van der Waals surface area (Å²) in [6, 6.07) is 12.6. The summed E-state index contributed by atoms with van der Waals surface area (Å²) in [5.41, 5.74) is 0.889. The van der Waals surface area contributed by atoms with Crippen molar-refractivity contribution in [1.82, 2.24) is 14.7 Å². The van der Waals surface area contributed by atoms with Crippen molar-refractivity contribution in [3.8, 4) is 5.75 Å². The topological polar surface area (TPSA) is 84.7 Å². The Balaban J connectivity index is 1.97. The van der Waals surface area contributed by atoms with Crippen LogP contribution in [0.1, 0.15) is 55.7 Å². The molecule has 0 radical (unpaired) electrons. The number of fused-ring (bicyclic) bond motifs is 1. The Labute approximate surface area is 170 Å². The van der Waals surface area contributed by atoms with Crippen molar-refractivity contribution in [1.29, 1.82) is 0 Å². The summed E-state index contributed by atoms with van der Waals surface area (Å²) in [5, 5.41) is 5.74.